The number of fused-ring (bicyclic) bond motifs is 4. The van der Waals surface area contributed by atoms with Crippen LogP contribution >= 0.6 is 11.3 Å². The number of carbonyl (C=O) groups is 2. The molecule has 1 unspecified atom stereocenters. The van der Waals surface area contributed by atoms with Crippen molar-refractivity contribution >= 4 is 28.7 Å². The molecule has 2 fully saturated rings. The molecular weight excluding hydrogens is 420 g/mol. The molecule has 4 heterocycles. The second kappa shape index (κ2) is 7.29. The zero-order chi connectivity index (χ0) is 21.9. The first-order valence-electron chi connectivity index (χ1n) is 11.1. The molecular formula is C26H24N2O3S. The summed E-state index contributed by atoms with van der Waals surface area (Å²) in [5, 5.41) is 5.05. The second-order valence-electron chi connectivity index (χ2n) is 8.79. The number of hydrogen-bond acceptors (Lipinski definition) is 5. The van der Waals surface area contributed by atoms with E-state index in [4.69, 9.17) is 4.74 Å². The summed E-state index contributed by atoms with van der Waals surface area (Å²) >= 11 is 1.45. The number of hydrogen-bond donors (Lipinski definition) is 1. The number of anilines is 1. The molecule has 2 saturated heterocycles. The molecule has 0 radical (unpaired) electrons. The lowest BCUT2D eigenvalue weighted by Gasteiger charge is -2.36. The van der Waals surface area contributed by atoms with Gasteiger partial charge in [-0.05, 0) is 54.6 Å². The first-order valence-corrected chi connectivity index (χ1v) is 11.9. The van der Waals surface area contributed by atoms with Crippen molar-refractivity contribution in [1.82, 2.24) is 4.90 Å². The summed E-state index contributed by atoms with van der Waals surface area (Å²) in [4.78, 5) is 31.0. The maximum absolute atomic E-state index is 14.1. The quantitative estimate of drug-likeness (QED) is 0.595. The van der Waals surface area contributed by atoms with Crippen molar-refractivity contribution in [2.75, 3.05) is 19.0 Å². The van der Waals surface area contributed by atoms with Crippen molar-refractivity contribution in [3.8, 4) is 5.75 Å². The zero-order valence-electron chi connectivity index (χ0n) is 17.8. The molecule has 4 atom stereocenters. The Labute approximate surface area is 191 Å². The minimum Gasteiger partial charge on any atom is -0.497 e. The molecule has 6 rings (SSSR count). The average Bonchev–Trinajstić information content (AvgIpc) is 3.59. The number of nitrogens with zero attached hydrogens (tertiary/aromatic N) is 1. The lowest BCUT2D eigenvalue weighted by molar-refractivity contribution is -0.127. The number of amides is 1. The Morgan fingerprint density at radius 2 is 1.94 bits per heavy atom. The van der Waals surface area contributed by atoms with Crippen molar-refractivity contribution in [3.05, 3.63) is 82.0 Å². The van der Waals surface area contributed by atoms with Crippen molar-refractivity contribution in [2.45, 2.75) is 30.3 Å². The van der Waals surface area contributed by atoms with Gasteiger partial charge in [-0.1, -0.05) is 36.4 Å². The molecule has 3 aromatic rings. The van der Waals surface area contributed by atoms with Gasteiger partial charge in [0.05, 0.1) is 17.9 Å². The Bertz CT molecular complexity index is 1190. The number of ether oxygens (including phenoxy) is 1. The maximum Gasteiger partial charge on any atom is 0.250 e. The van der Waals surface area contributed by atoms with E-state index in [1.807, 2.05) is 53.9 Å². The smallest absolute Gasteiger partial charge is 0.250 e. The van der Waals surface area contributed by atoms with E-state index in [9.17, 15) is 9.59 Å². The highest BCUT2D eigenvalue weighted by molar-refractivity contribution is 7.12. The van der Waals surface area contributed by atoms with Crippen LogP contribution in [-0.2, 0) is 10.3 Å². The highest BCUT2D eigenvalue weighted by Crippen LogP contribution is 2.61. The number of nitrogens with one attached hydrogen (secondary N) is 1. The second-order valence-corrected chi connectivity index (χ2v) is 9.73. The normalized spacial score (nSPS) is 28.5. The van der Waals surface area contributed by atoms with Gasteiger partial charge in [-0.15, -0.1) is 11.3 Å². The van der Waals surface area contributed by atoms with E-state index in [2.05, 4.69) is 22.3 Å². The SMILES string of the molecule is COc1ccc([C@@H]2C3CCCN3[C@]3(C(=O)Nc4ccccc43)[C@H]2C(=O)c2cccs2)cc1. The molecule has 32 heavy (non-hydrogen) atoms. The molecule has 2 aromatic carbocycles. The van der Waals surface area contributed by atoms with E-state index in [1.165, 1.54) is 11.3 Å². The van der Waals surface area contributed by atoms with Crippen LogP contribution in [0, 0.1) is 5.92 Å². The molecule has 3 aliphatic heterocycles. The van der Waals surface area contributed by atoms with Gasteiger partial charge >= 0.3 is 0 Å². The Kier molecular flexibility index (Phi) is 4.49. The fraction of sp³-hybridized carbons (Fsp3) is 0.308. The number of carbonyl (C=O) groups excluding carboxylic acids is 2. The third kappa shape index (κ3) is 2.54. The third-order valence-corrected chi connectivity index (χ3v) is 8.34. The Balaban J connectivity index is 1.60. The molecule has 0 saturated carbocycles. The van der Waals surface area contributed by atoms with Crippen molar-refractivity contribution < 1.29 is 14.3 Å². The first-order chi connectivity index (χ1) is 15.7. The van der Waals surface area contributed by atoms with Gasteiger partial charge in [0.25, 0.3) is 0 Å². The summed E-state index contributed by atoms with van der Waals surface area (Å²) in [5.74, 6) is 0.201. The van der Waals surface area contributed by atoms with Crippen LogP contribution in [0.25, 0.3) is 0 Å². The summed E-state index contributed by atoms with van der Waals surface area (Å²) < 4.78 is 5.37. The van der Waals surface area contributed by atoms with Crippen molar-refractivity contribution in [3.63, 3.8) is 0 Å². The van der Waals surface area contributed by atoms with Crippen LogP contribution in [0.5, 0.6) is 5.75 Å². The molecule has 1 aromatic heterocycles. The standard InChI is InChI=1S/C26H24N2O3S/c1-31-17-12-10-16(11-13-17)22-20-8-4-14-28(20)26(23(22)24(29)21-9-5-15-32-21)18-6-2-3-7-19(18)27-25(26)30/h2-3,5-7,9-13,15,20,22-23H,4,8,14H2,1H3,(H,27,30)/t20?,22-,23-,26+/m1/s1. The Morgan fingerprint density at radius 1 is 1.12 bits per heavy atom. The van der Waals surface area contributed by atoms with Crippen LogP contribution in [0.15, 0.2) is 66.0 Å². The van der Waals surface area contributed by atoms with Gasteiger partial charge in [0.1, 0.15) is 11.3 Å². The van der Waals surface area contributed by atoms with Gasteiger partial charge in [0, 0.05) is 23.2 Å². The summed E-state index contributed by atoms with van der Waals surface area (Å²) in [6.07, 6.45) is 2.00. The van der Waals surface area contributed by atoms with Crippen LogP contribution in [0.2, 0.25) is 0 Å². The lowest BCUT2D eigenvalue weighted by atomic mass is 9.69. The maximum atomic E-state index is 14.1. The van der Waals surface area contributed by atoms with Crippen molar-refractivity contribution in [1.29, 1.82) is 0 Å². The van der Waals surface area contributed by atoms with Crippen LogP contribution in [-0.4, -0.2) is 36.3 Å². The van der Waals surface area contributed by atoms with E-state index in [-0.39, 0.29) is 23.7 Å². The number of para-hydroxylation sites is 1. The van der Waals surface area contributed by atoms with Crippen LogP contribution in [0.4, 0.5) is 5.69 Å². The van der Waals surface area contributed by atoms with E-state index < -0.39 is 11.5 Å². The molecule has 3 aliphatic rings. The monoisotopic (exact) mass is 444 g/mol. The Hall–Kier alpha value is -2.96. The van der Waals surface area contributed by atoms with Crippen LogP contribution < -0.4 is 10.1 Å². The largest absolute Gasteiger partial charge is 0.497 e. The fourth-order valence-electron chi connectivity index (χ4n) is 6.29. The summed E-state index contributed by atoms with van der Waals surface area (Å²) in [5.41, 5.74) is 1.86. The zero-order valence-corrected chi connectivity index (χ0v) is 18.6. The Morgan fingerprint density at radius 3 is 2.69 bits per heavy atom. The number of thiophene rings is 1. The van der Waals surface area contributed by atoms with Gasteiger partial charge in [-0.3, -0.25) is 14.5 Å². The molecule has 162 valence electrons. The number of ketones is 1. The third-order valence-electron chi connectivity index (χ3n) is 7.46. The number of benzene rings is 2. The highest BCUT2D eigenvalue weighted by Gasteiger charge is 2.69. The average molecular weight is 445 g/mol. The van der Waals surface area contributed by atoms with E-state index >= 15 is 0 Å². The predicted octanol–water partition coefficient (Wildman–Crippen LogP) is 4.67. The molecule has 6 heteroatoms. The minimum absolute atomic E-state index is 0.0575. The number of methoxy groups -OCH3 is 1. The van der Waals surface area contributed by atoms with Gasteiger partial charge < -0.3 is 10.1 Å². The van der Waals surface area contributed by atoms with Crippen LogP contribution in [0.1, 0.15) is 39.6 Å². The first kappa shape index (κ1) is 19.7. The summed E-state index contributed by atoms with van der Waals surface area (Å²) in [6, 6.07) is 19.8. The van der Waals surface area contributed by atoms with Gasteiger partial charge in [-0.2, -0.15) is 0 Å². The summed E-state index contributed by atoms with van der Waals surface area (Å²) in [6.45, 7) is 0.813. The van der Waals surface area contributed by atoms with Gasteiger partial charge in [0.15, 0.2) is 5.78 Å². The molecule has 0 bridgehead atoms. The van der Waals surface area contributed by atoms with E-state index in [0.29, 0.717) is 4.88 Å². The van der Waals surface area contributed by atoms with Gasteiger partial charge in [0.2, 0.25) is 5.91 Å². The predicted molar refractivity (Wildman–Crippen MR) is 124 cm³/mol. The number of rotatable bonds is 4. The lowest BCUT2D eigenvalue weighted by Crippen LogP contribution is -2.52. The van der Waals surface area contributed by atoms with E-state index in [0.717, 1.165) is 42.0 Å². The molecule has 5 nitrogen and oxygen atoms in total. The van der Waals surface area contributed by atoms with Gasteiger partial charge in [-0.25, -0.2) is 0 Å². The minimum atomic E-state index is -0.983. The molecule has 0 aliphatic carbocycles. The topological polar surface area (TPSA) is 58.6 Å². The highest BCUT2D eigenvalue weighted by atomic mass is 32.1. The fourth-order valence-corrected chi connectivity index (χ4v) is 6.99. The number of Topliss-reactive ketones (excluding diaryl/α,β-unsaturated/α-hetero) is 1. The molecule has 1 amide bonds. The molecule has 1 spiro atoms. The van der Waals surface area contributed by atoms with Crippen LogP contribution in [0.3, 0.4) is 0 Å². The molecule has 1 N–H and O–H groups in total. The van der Waals surface area contributed by atoms with Crippen molar-refractivity contribution in [2.24, 2.45) is 5.92 Å². The summed E-state index contributed by atoms with van der Waals surface area (Å²) in [7, 11) is 1.65. The van der Waals surface area contributed by atoms with E-state index in [1.54, 1.807) is 7.11 Å².